The predicted octanol–water partition coefficient (Wildman–Crippen LogP) is 1.63. The number of hydrogen-bond donors (Lipinski definition) is 1. The van der Waals surface area contributed by atoms with E-state index in [0.717, 1.165) is 13.2 Å². The number of rotatable bonds is 3. The predicted molar refractivity (Wildman–Crippen MR) is 48.2 cm³/mol. The summed E-state index contributed by atoms with van der Waals surface area (Å²) in [7, 11) is 0. The first-order valence-electron chi connectivity index (χ1n) is 4.23. The van der Waals surface area contributed by atoms with Crippen LogP contribution in [0.5, 0.6) is 0 Å². The first kappa shape index (κ1) is 9.26. The molecular formula is C9H15FN2. The molecule has 0 aliphatic carbocycles. The minimum absolute atomic E-state index is 0.0947. The van der Waals surface area contributed by atoms with Crippen molar-refractivity contribution in [2.75, 3.05) is 19.8 Å². The highest BCUT2D eigenvalue weighted by molar-refractivity contribution is 5.26. The van der Waals surface area contributed by atoms with Crippen molar-refractivity contribution < 1.29 is 4.39 Å². The third-order valence-corrected chi connectivity index (χ3v) is 1.82. The number of nitrogens with zero attached hydrogens (tertiary/aromatic N) is 1. The molecule has 1 aliphatic heterocycles. The molecule has 0 bridgehead atoms. The molecule has 1 rings (SSSR count). The monoisotopic (exact) mass is 170 g/mol. The van der Waals surface area contributed by atoms with Crippen LogP contribution in [0.25, 0.3) is 0 Å². The van der Waals surface area contributed by atoms with Gasteiger partial charge in [0.25, 0.3) is 0 Å². The number of allylic oxidation sites excluding steroid dienone is 2. The lowest BCUT2D eigenvalue weighted by Gasteiger charge is -2.22. The molecule has 0 aromatic heterocycles. The maximum Gasteiger partial charge on any atom is 0.125 e. The van der Waals surface area contributed by atoms with Gasteiger partial charge in [-0.25, -0.2) is 4.39 Å². The van der Waals surface area contributed by atoms with Crippen molar-refractivity contribution in [3.8, 4) is 0 Å². The second-order valence-corrected chi connectivity index (χ2v) is 2.90. The quantitative estimate of drug-likeness (QED) is 0.692. The van der Waals surface area contributed by atoms with Crippen LogP contribution in [0.2, 0.25) is 0 Å². The maximum absolute atomic E-state index is 12.8. The van der Waals surface area contributed by atoms with Gasteiger partial charge in [-0.05, 0) is 19.5 Å². The van der Waals surface area contributed by atoms with Crippen LogP contribution in [0.4, 0.5) is 4.39 Å². The van der Waals surface area contributed by atoms with E-state index < -0.39 is 0 Å². The lowest BCUT2D eigenvalue weighted by atomic mass is 10.2. The van der Waals surface area contributed by atoms with Gasteiger partial charge in [-0.2, -0.15) is 0 Å². The van der Waals surface area contributed by atoms with Gasteiger partial charge in [-0.3, -0.25) is 0 Å². The summed E-state index contributed by atoms with van der Waals surface area (Å²) in [6.07, 6.45) is 3.45. The van der Waals surface area contributed by atoms with E-state index in [1.807, 2.05) is 11.1 Å². The molecule has 0 saturated heterocycles. The summed E-state index contributed by atoms with van der Waals surface area (Å²) in [5.41, 5.74) is 0.708. The molecule has 0 spiro atoms. The van der Waals surface area contributed by atoms with Gasteiger partial charge in [0.05, 0.1) is 6.67 Å². The van der Waals surface area contributed by atoms with Gasteiger partial charge in [0, 0.05) is 18.3 Å². The van der Waals surface area contributed by atoms with Gasteiger partial charge in [-0.15, -0.1) is 0 Å². The van der Waals surface area contributed by atoms with E-state index in [1.54, 1.807) is 13.0 Å². The van der Waals surface area contributed by atoms with Gasteiger partial charge >= 0.3 is 0 Å². The Morgan fingerprint density at radius 2 is 2.42 bits per heavy atom. The minimum Gasteiger partial charge on any atom is -0.361 e. The van der Waals surface area contributed by atoms with E-state index in [9.17, 15) is 4.39 Å². The highest BCUT2D eigenvalue weighted by Gasteiger charge is 2.07. The largest absolute Gasteiger partial charge is 0.361 e. The van der Waals surface area contributed by atoms with Gasteiger partial charge in [-0.1, -0.05) is 6.92 Å². The molecule has 0 amide bonds. The second kappa shape index (κ2) is 4.26. The SMILES string of the molecule is CCNCN1C=C(C)C(F)=CC1. The Kier molecular flexibility index (Phi) is 3.29. The fourth-order valence-corrected chi connectivity index (χ4v) is 1.11. The zero-order valence-corrected chi connectivity index (χ0v) is 7.60. The number of hydrogen-bond acceptors (Lipinski definition) is 2. The van der Waals surface area contributed by atoms with Crippen LogP contribution in [0.15, 0.2) is 23.7 Å². The Balaban J connectivity index is 2.42. The van der Waals surface area contributed by atoms with Gasteiger partial charge < -0.3 is 10.2 Å². The summed E-state index contributed by atoms with van der Waals surface area (Å²) in [4.78, 5) is 2.04. The molecule has 0 unspecified atom stereocenters. The molecule has 68 valence electrons. The number of nitrogens with one attached hydrogen (secondary N) is 1. The summed E-state index contributed by atoms with van der Waals surface area (Å²) in [5.74, 6) is -0.0947. The van der Waals surface area contributed by atoms with Crippen molar-refractivity contribution >= 4 is 0 Å². The molecule has 12 heavy (non-hydrogen) atoms. The average Bonchev–Trinajstić information content (AvgIpc) is 2.07. The Hall–Kier alpha value is -0.830. The third kappa shape index (κ3) is 2.34. The normalized spacial score (nSPS) is 17.4. The molecule has 0 atom stereocenters. The standard InChI is InChI=1S/C9H15FN2/c1-3-11-7-12-5-4-9(10)8(2)6-12/h4,6,11H,3,5,7H2,1-2H3. The summed E-state index contributed by atoms with van der Waals surface area (Å²) < 4.78 is 12.8. The maximum atomic E-state index is 12.8. The van der Waals surface area contributed by atoms with Gasteiger partial charge in [0.1, 0.15) is 5.83 Å². The van der Waals surface area contributed by atoms with Crippen LogP contribution in [0, 0.1) is 0 Å². The Morgan fingerprint density at radius 3 is 3.00 bits per heavy atom. The highest BCUT2D eigenvalue weighted by Crippen LogP contribution is 2.15. The van der Waals surface area contributed by atoms with Crippen LogP contribution >= 0.6 is 0 Å². The third-order valence-electron chi connectivity index (χ3n) is 1.82. The number of halogens is 1. The van der Waals surface area contributed by atoms with Crippen LogP contribution < -0.4 is 5.32 Å². The first-order valence-corrected chi connectivity index (χ1v) is 4.23. The Morgan fingerprint density at radius 1 is 1.67 bits per heavy atom. The average molecular weight is 170 g/mol. The lowest BCUT2D eigenvalue weighted by molar-refractivity contribution is 0.366. The Bertz CT molecular complexity index is 209. The first-order chi connectivity index (χ1) is 5.74. The summed E-state index contributed by atoms with van der Waals surface area (Å²) >= 11 is 0. The topological polar surface area (TPSA) is 15.3 Å². The molecule has 1 aliphatic rings. The van der Waals surface area contributed by atoms with Gasteiger partial charge in [0.15, 0.2) is 0 Å². The van der Waals surface area contributed by atoms with Crippen LogP contribution in [0.3, 0.4) is 0 Å². The lowest BCUT2D eigenvalue weighted by Crippen LogP contribution is -2.31. The molecule has 3 heteroatoms. The van der Waals surface area contributed by atoms with Crippen molar-refractivity contribution in [1.29, 1.82) is 0 Å². The molecule has 0 saturated carbocycles. The van der Waals surface area contributed by atoms with E-state index >= 15 is 0 Å². The fourth-order valence-electron chi connectivity index (χ4n) is 1.11. The van der Waals surface area contributed by atoms with Crippen molar-refractivity contribution in [3.05, 3.63) is 23.7 Å². The van der Waals surface area contributed by atoms with Crippen molar-refractivity contribution in [2.24, 2.45) is 0 Å². The van der Waals surface area contributed by atoms with E-state index in [0.29, 0.717) is 12.1 Å². The second-order valence-electron chi connectivity index (χ2n) is 2.90. The van der Waals surface area contributed by atoms with Crippen molar-refractivity contribution in [3.63, 3.8) is 0 Å². The molecule has 1 N–H and O–H groups in total. The van der Waals surface area contributed by atoms with Crippen LogP contribution in [-0.2, 0) is 0 Å². The fraction of sp³-hybridized carbons (Fsp3) is 0.556. The molecule has 1 heterocycles. The van der Waals surface area contributed by atoms with Crippen LogP contribution in [-0.4, -0.2) is 24.7 Å². The molecule has 0 aromatic carbocycles. The van der Waals surface area contributed by atoms with E-state index in [1.165, 1.54) is 0 Å². The highest BCUT2D eigenvalue weighted by atomic mass is 19.1. The molecular weight excluding hydrogens is 155 g/mol. The Labute approximate surface area is 72.7 Å². The van der Waals surface area contributed by atoms with Crippen molar-refractivity contribution in [2.45, 2.75) is 13.8 Å². The molecule has 0 fully saturated rings. The van der Waals surface area contributed by atoms with E-state index in [-0.39, 0.29) is 5.83 Å². The van der Waals surface area contributed by atoms with E-state index in [4.69, 9.17) is 0 Å². The zero-order valence-electron chi connectivity index (χ0n) is 7.60. The smallest absolute Gasteiger partial charge is 0.125 e. The van der Waals surface area contributed by atoms with Crippen LogP contribution in [0.1, 0.15) is 13.8 Å². The molecule has 2 nitrogen and oxygen atoms in total. The van der Waals surface area contributed by atoms with Crippen molar-refractivity contribution in [1.82, 2.24) is 10.2 Å². The van der Waals surface area contributed by atoms with E-state index in [2.05, 4.69) is 12.2 Å². The summed E-state index contributed by atoms with van der Waals surface area (Å²) in [6, 6.07) is 0. The van der Waals surface area contributed by atoms with Gasteiger partial charge in [0.2, 0.25) is 0 Å². The zero-order chi connectivity index (χ0) is 8.97. The summed E-state index contributed by atoms with van der Waals surface area (Å²) in [6.45, 7) is 6.23. The minimum atomic E-state index is -0.0947. The summed E-state index contributed by atoms with van der Waals surface area (Å²) in [5, 5.41) is 3.18. The molecule has 0 aromatic rings. The molecule has 0 radical (unpaired) electrons.